The number of likely N-dealkylation sites (tertiary alicyclic amines) is 1. The lowest BCUT2D eigenvalue weighted by Gasteiger charge is -2.62. The highest BCUT2D eigenvalue weighted by molar-refractivity contribution is 5.95. The van der Waals surface area contributed by atoms with E-state index in [0.717, 1.165) is 29.8 Å². The van der Waals surface area contributed by atoms with Gasteiger partial charge in [0, 0.05) is 48.9 Å². The Labute approximate surface area is 158 Å². The van der Waals surface area contributed by atoms with Gasteiger partial charge in [-0.05, 0) is 42.2 Å². The minimum Gasteiger partial charge on any atom is -0.333 e. The van der Waals surface area contributed by atoms with E-state index in [1.165, 1.54) is 19.3 Å². The SMILES string of the molecule is O=C(c1cccc(Cn2ccnc2)c1)N1CC2(CCC2)C1c1cccnc1. The first-order valence-electron chi connectivity index (χ1n) is 9.51. The van der Waals surface area contributed by atoms with Crippen LogP contribution in [0.4, 0.5) is 0 Å². The molecule has 1 aliphatic heterocycles. The van der Waals surface area contributed by atoms with Crippen LogP contribution in [0, 0.1) is 5.41 Å². The number of carbonyl (C=O) groups excluding carboxylic acids is 1. The van der Waals surface area contributed by atoms with Crippen LogP contribution in [-0.2, 0) is 6.54 Å². The van der Waals surface area contributed by atoms with E-state index < -0.39 is 0 Å². The molecule has 1 amide bonds. The zero-order valence-electron chi connectivity index (χ0n) is 15.2. The Kier molecular flexibility index (Phi) is 3.81. The van der Waals surface area contributed by atoms with Gasteiger partial charge in [-0.25, -0.2) is 4.98 Å². The Hall–Kier alpha value is -2.95. The zero-order valence-corrected chi connectivity index (χ0v) is 15.2. The molecule has 5 rings (SSSR count). The van der Waals surface area contributed by atoms with Crippen LogP contribution in [0.1, 0.15) is 46.8 Å². The maximum atomic E-state index is 13.3. The van der Waals surface area contributed by atoms with Crippen molar-refractivity contribution in [3.63, 3.8) is 0 Å². The maximum Gasteiger partial charge on any atom is 0.254 e. The average molecular weight is 358 g/mol. The minimum absolute atomic E-state index is 0.119. The Bertz CT molecular complexity index is 947. The molecule has 2 aliphatic rings. The van der Waals surface area contributed by atoms with Gasteiger partial charge in [-0.3, -0.25) is 9.78 Å². The standard InChI is InChI=1S/C22H22N4O/c27-21(18-5-1-4-17(12-18)14-25-11-10-24-16-25)26-15-22(7-3-8-22)20(26)19-6-2-9-23-13-19/h1-2,4-6,9-13,16,20H,3,7-8,14-15H2. The molecule has 0 radical (unpaired) electrons. The van der Waals surface area contributed by atoms with Gasteiger partial charge >= 0.3 is 0 Å². The summed E-state index contributed by atoms with van der Waals surface area (Å²) >= 11 is 0. The van der Waals surface area contributed by atoms with Crippen molar-refractivity contribution in [1.29, 1.82) is 0 Å². The third-order valence-electron chi connectivity index (χ3n) is 6.09. The molecular weight excluding hydrogens is 336 g/mol. The predicted octanol–water partition coefficient (Wildman–Crippen LogP) is 3.69. The molecule has 27 heavy (non-hydrogen) atoms. The molecule has 1 saturated carbocycles. The monoisotopic (exact) mass is 358 g/mol. The van der Waals surface area contributed by atoms with Crippen molar-refractivity contribution in [3.05, 3.63) is 84.2 Å². The van der Waals surface area contributed by atoms with Crippen molar-refractivity contribution < 1.29 is 4.79 Å². The lowest BCUT2D eigenvalue weighted by molar-refractivity contribution is -0.105. The van der Waals surface area contributed by atoms with Gasteiger partial charge in [0.1, 0.15) is 0 Å². The van der Waals surface area contributed by atoms with Gasteiger partial charge in [0.25, 0.3) is 5.91 Å². The van der Waals surface area contributed by atoms with Crippen molar-refractivity contribution in [3.8, 4) is 0 Å². The van der Waals surface area contributed by atoms with Crippen LogP contribution < -0.4 is 0 Å². The highest BCUT2D eigenvalue weighted by atomic mass is 16.2. The molecule has 3 heterocycles. The van der Waals surface area contributed by atoms with Gasteiger partial charge in [0.15, 0.2) is 0 Å². The summed E-state index contributed by atoms with van der Waals surface area (Å²) in [6.45, 7) is 1.58. The molecule has 1 unspecified atom stereocenters. The van der Waals surface area contributed by atoms with Crippen LogP contribution in [0.2, 0.25) is 0 Å². The van der Waals surface area contributed by atoms with Gasteiger partial charge in [-0.2, -0.15) is 0 Å². The van der Waals surface area contributed by atoms with Crippen LogP contribution in [0.5, 0.6) is 0 Å². The van der Waals surface area contributed by atoms with E-state index in [0.29, 0.717) is 0 Å². The topological polar surface area (TPSA) is 51.0 Å². The number of benzene rings is 1. The molecule has 1 spiro atoms. The Balaban J connectivity index is 1.40. The van der Waals surface area contributed by atoms with E-state index in [-0.39, 0.29) is 17.4 Å². The first-order valence-corrected chi connectivity index (χ1v) is 9.51. The van der Waals surface area contributed by atoms with Crippen LogP contribution in [0.25, 0.3) is 0 Å². The molecule has 1 atom stereocenters. The molecule has 2 fully saturated rings. The number of pyridine rings is 1. The fraction of sp³-hybridized carbons (Fsp3) is 0.318. The Morgan fingerprint density at radius 1 is 1.15 bits per heavy atom. The predicted molar refractivity (Wildman–Crippen MR) is 102 cm³/mol. The number of nitrogens with zero attached hydrogens (tertiary/aromatic N) is 4. The summed E-state index contributed by atoms with van der Waals surface area (Å²) in [5, 5.41) is 0. The summed E-state index contributed by atoms with van der Waals surface area (Å²) in [6, 6.07) is 12.2. The van der Waals surface area contributed by atoms with E-state index in [1.54, 1.807) is 18.7 Å². The van der Waals surface area contributed by atoms with E-state index in [9.17, 15) is 4.79 Å². The quantitative estimate of drug-likeness (QED) is 0.715. The van der Waals surface area contributed by atoms with E-state index in [1.807, 2.05) is 46.1 Å². The van der Waals surface area contributed by atoms with Crippen LogP contribution in [0.3, 0.4) is 0 Å². The smallest absolute Gasteiger partial charge is 0.254 e. The molecule has 1 aliphatic carbocycles. The first-order chi connectivity index (χ1) is 13.3. The average Bonchev–Trinajstić information content (AvgIpc) is 3.14. The summed E-state index contributed by atoms with van der Waals surface area (Å²) in [6.07, 6.45) is 12.9. The van der Waals surface area contributed by atoms with Gasteiger partial charge < -0.3 is 9.47 Å². The van der Waals surface area contributed by atoms with Gasteiger partial charge in [-0.15, -0.1) is 0 Å². The summed E-state index contributed by atoms with van der Waals surface area (Å²) in [5.41, 5.74) is 3.30. The first kappa shape index (κ1) is 16.2. The van der Waals surface area contributed by atoms with Crippen LogP contribution in [-0.4, -0.2) is 31.9 Å². The van der Waals surface area contributed by atoms with E-state index in [2.05, 4.69) is 22.1 Å². The van der Waals surface area contributed by atoms with Gasteiger partial charge in [-0.1, -0.05) is 24.6 Å². The number of rotatable bonds is 4. The van der Waals surface area contributed by atoms with Crippen molar-refractivity contribution in [2.75, 3.05) is 6.54 Å². The lowest BCUT2D eigenvalue weighted by Crippen LogP contribution is -2.63. The molecule has 5 heteroatoms. The summed E-state index contributed by atoms with van der Waals surface area (Å²) in [5.74, 6) is 0.119. The fourth-order valence-corrected chi connectivity index (χ4v) is 4.62. The molecule has 3 aromatic rings. The fourth-order valence-electron chi connectivity index (χ4n) is 4.62. The lowest BCUT2D eigenvalue weighted by atomic mass is 9.56. The maximum absolute atomic E-state index is 13.3. The molecule has 0 N–H and O–H groups in total. The molecule has 5 nitrogen and oxygen atoms in total. The molecular formula is C22H22N4O. The molecule has 0 bridgehead atoms. The molecule has 1 saturated heterocycles. The van der Waals surface area contributed by atoms with Crippen LogP contribution in [0.15, 0.2) is 67.5 Å². The van der Waals surface area contributed by atoms with Crippen LogP contribution >= 0.6 is 0 Å². The van der Waals surface area contributed by atoms with E-state index in [4.69, 9.17) is 0 Å². The van der Waals surface area contributed by atoms with Crippen molar-refractivity contribution in [2.24, 2.45) is 5.41 Å². The number of hydrogen-bond acceptors (Lipinski definition) is 3. The summed E-state index contributed by atoms with van der Waals surface area (Å²) in [7, 11) is 0. The highest BCUT2D eigenvalue weighted by Gasteiger charge is 2.58. The second-order valence-electron chi connectivity index (χ2n) is 7.77. The second-order valence-corrected chi connectivity index (χ2v) is 7.77. The Morgan fingerprint density at radius 2 is 2.07 bits per heavy atom. The van der Waals surface area contributed by atoms with Crippen molar-refractivity contribution >= 4 is 5.91 Å². The Morgan fingerprint density at radius 3 is 2.78 bits per heavy atom. The van der Waals surface area contributed by atoms with Crippen molar-refractivity contribution in [2.45, 2.75) is 31.8 Å². The van der Waals surface area contributed by atoms with Gasteiger partial charge in [0.05, 0.1) is 12.4 Å². The third kappa shape index (κ3) is 2.74. The number of hydrogen-bond donors (Lipinski definition) is 0. The summed E-state index contributed by atoms with van der Waals surface area (Å²) in [4.78, 5) is 23.7. The number of carbonyl (C=O) groups is 1. The normalized spacial score (nSPS) is 20.1. The number of amides is 1. The van der Waals surface area contributed by atoms with Gasteiger partial charge in [0.2, 0.25) is 0 Å². The number of imidazole rings is 1. The molecule has 1 aromatic carbocycles. The molecule has 136 valence electrons. The largest absolute Gasteiger partial charge is 0.333 e. The zero-order chi connectivity index (χ0) is 18.3. The highest BCUT2D eigenvalue weighted by Crippen LogP contribution is 2.60. The van der Waals surface area contributed by atoms with E-state index >= 15 is 0 Å². The second kappa shape index (κ2) is 6.34. The summed E-state index contributed by atoms with van der Waals surface area (Å²) < 4.78 is 2.01. The third-order valence-corrected chi connectivity index (χ3v) is 6.09. The number of aromatic nitrogens is 3. The van der Waals surface area contributed by atoms with Crippen molar-refractivity contribution in [1.82, 2.24) is 19.4 Å². The molecule has 2 aromatic heterocycles. The minimum atomic E-state index is 0.119.